The first-order valence-electron chi connectivity index (χ1n) is 4.08. The fourth-order valence-electron chi connectivity index (χ4n) is 0.258. The first-order chi connectivity index (χ1) is 5.04. The molecule has 0 amide bonds. The van der Waals surface area contributed by atoms with Crippen LogP contribution in [0.2, 0.25) is 0 Å². The molecule has 0 bridgehead atoms. The van der Waals surface area contributed by atoms with Gasteiger partial charge < -0.3 is 15.3 Å². The van der Waals surface area contributed by atoms with Crippen LogP contribution in [-0.4, -0.2) is 27.7 Å². The summed E-state index contributed by atoms with van der Waals surface area (Å²) in [6.07, 6.45) is 0.961. The van der Waals surface area contributed by atoms with E-state index in [-0.39, 0.29) is 6.10 Å². The molecule has 0 aliphatic heterocycles. The minimum Gasteiger partial charge on any atom is -0.393 e. The maximum absolute atomic E-state index is 8.36. The number of aliphatic hydroxyl groups excluding tert-OH is 2. The van der Waals surface area contributed by atoms with Crippen LogP contribution in [0, 0.1) is 0 Å². The van der Waals surface area contributed by atoms with Gasteiger partial charge in [0.1, 0.15) is 0 Å². The van der Waals surface area contributed by atoms with Crippen LogP contribution in [0.3, 0.4) is 0 Å². The predicted octanol–water partition coefficient (Wildman–Crippen LogP) is 0.874. The van der Waals surface area contributed by atoms with Gasteiger partial charge in [-0.25, -0.2) is 0 Å². The SMILES string of the molecule is CCC(C)O.CCCC(O)O. The fraction of sp³-hybridized carbons (Fsp3) is 1.00. The Morgan fingerprint density at radius 3 is 1.45 bits per heavy atom. The normalized spacial score (nSPS) is 12.3. The van der Waals surface area contributed by atoms with E-state index in [2.05, 4.69) is 0 Å². The molecule has 11 heavy (non-hydrogen) atoms. The summed E-state index contributed by atoms with van der Waals surface area (Å²) in [5.74, 6) is 0. The second-order valence-corrected chi connectivity index (χ2v) is 2.53. The highest BCUT2D eigenvalue weighted by Crippen LogP contribution is 1.88. The van der Waals surface area contributed by atoms with Crippen molar-refractivity contribution in [3.8, 4) is 0 Å². The molecule has 0 aliphatic rings. The van der Waals surface area contributed by atoms with Crippen molar-refractivity contribution in [3.05, 3.63) is 0 Å². The van der Waals surface area contributed by atoms with Gasteiger partial charge in [0, 0.05) is 0 Å². The van der Waals surface area contributed by atoms with E-state index in [1.165, 1.54) is 0 Å². The lowest BCUT2D eigenvalue weighted by Crippen LogP contribution is -2.01. The van der Waals surface area contributed by atoms with E-state index in [1.54, 1.807) is 6.92 Å². The van der Waals surface area contributed by atoms with Crippen LogP contribution in [0.25, 0.3) is 0 Å². The van der Waals surface area contributed by atoms with Crippen molar-refractivity contribution in [2.75, 3.05) is 0 Å². The molecule has 1 atom stereocenters. The minimum atomic E-state index is -1.10. The van der Waals surface area contributed by atoms with Gasteiger partial charge in [0.05, 0.1) is 6.10 Å². The van der Waals surface area contributed by atoms with Crippen molar-refractivity contribution >= 4 is 0 Å². The zero-order valence-electron chi connectivity index (χ0n) is 7.62. The number of aliphatic hydroxyl groups is 3. The van der Waals surface area contributed by atoms with E-state index >= 15 is 0 Å². The van der Waals surface area contributed by atoms with Crippen LogP contribution < -0.4 is 0 Å². The maximum atomic E-state index is 8.36. The van der Waals surface area contributed by atoms with Gasteiger partial charge in [-0.05, 0) is 19.8 Å². The second-order valence-electron chi connectivity index (χ2n) is 2.53. The summed E-state index contributed by atoms with van der Waals surface area (Å²) in [5.41, 5.74) is 0. The lowest BCUT2D eigenvalue weighted by atomic mass is 10.3. The molecule has 3 N–H and O–H groups in total. The van der Waals surface area contributed by atoms with Gasteiger partial charge in [-0.15, -0.1) is 0 Å². The smallest absolute Gasteiger partial charge is 0.151 e. The quantitative estimate of drug-likeness (QED) is 0.542. The molecule has 0 saturated carbocycles. The Hall–Kier alpha value is -0.120. The molecular weight excluding hydrogens is 144 g/mol. The largest absolute Gasteiger partial charge is 0.393 e. The van der Waals surface area contributed by atoms with Crippen molar-refractivity contribution in [1.29, 1.82) is 0 Å². The summed E-state index contributed by atoms with van der Waals surface area (Å²) in [6, 6.07) is 0. The Bertz CT molecular complexity index is 62.4. The average molecular weight is 164 g/mol. The molecule has 3 heteroatoms. The van der Waals surface area contributed by atoms with Crippen molar-refractivity contribution < 1.29 is 15.3 Å². The van der Waals surface area contributed by atoms with E-state index in [1.807, 2.05) is 13.8 Å². The third-order valence-electron chi connectivity index (χ3n) is 1.14. The minimum absolute atomic E-state index is 0.116. The molecule has 0 aliphatic carbocycles. The maximum Gasteiger partial charge on any atom is 0.151 e. The van der Waals surface area contributed by atoms with Crippen LogP contribution in [0.4, 0.5) is 0 Å². The summed E-state index contributed by atoms with van der Waals surface area (Å²) in [5, 5.41) is 24.6. The van der Waals surface area contributed by atoms with Gasteiger partial charge in [0.25, 0.3) is 0 Å². The van der Waals surface area contributed by atoms with Crippen LogP contribution >= 0.6 is 0 Å². The molecule has 0 rings (SSSR count). The summed E-state index contributed by atoms with van der Waals surface area (Å²) < 4.78 is 0. The third-order valence-corrected chi connectivity index (χ3v) is 1.14. The molecule has 0 aromatic heterocycles. The molecule has 0 fully saturated rings. The Balaban J connectivity index is 0. The molecule has 0 aromatic rings. The predicted molar refractivity (Wildman–Crippen MR) is 45.1 cm³/mol. The van der Waals surface area contributed by atoms with E-state index in [4.69, 9.17) is 15.3 Å². The first kappa shape index (κ1) is 13.5. The lowest BCUT2D eigenvalue weighted by molar-refractivity contribution is -0.0453. The standard InChI is InChI=1S/C4H10O2.C4H10O/c1-2-3-4(5)6;1-3-4(2)5/h4-6H,2-3H2,1H3;4-5H,3H2,1-2H3. The van der Waals surface area contributed by atoms with E-state index in [0.717, 1.165) is 12.8 Å². The fourth-order valence-corrected chi connectivity index (χ4v) is 0.258. The molecule has 70 valence electrons. The molecule has 3 nitrogen and oxygen atoms in total. The highest BCUT2D eigenvalue weighted by molar-refractivity contribution is 4.34. The summed E-state index contributed by atoms with van der Waals surface area (Å²) in [6.45, 7) is 5.63. The van der Waals surface area contributed by atoms with Crippen LogP contribution in [0.15, 0.2) is 0 Å². The number of hydrogen-bond acceptors (Lipinski definition) is 3. The van der Waals surface area contributed by atoms with Crippen molar-refractivity contribution in [2.45, 2.75) is 52.4 Å². The molecule has 0 spiro atoms. The Morgan fingerprint density at radius 1 is 1.09 bits per heavy atom. The molecule has 1 unspecified atom stereocenters. The monoisotopic (exact) mass is 164 g/mol. The second kappa shape index (κ2) is 9.88. The number of rotatable bonds is 3. The number of hydrogen-bond donors (Lipinski definition) is 3. The Kier molecular flexibility index (Phi) is 12.1. The summed E-state index contributed by atoms with van der Waals surface area (Å²) >= 11 is 0. The zero-order valence-corrected chi connectivity index (χ0v) is 7.62. The van der Waals surface area contributed by atoms with Crippen LogP contribution in [-0.2, 0) is 0 Å². The summed E-state index contributed by atoms with van der Waals surface area (Å²) in [7, 11) is 0. The van der Waals surface area contributed by atoms with Gasteiger partial charge in [0.15, 0.2) is 6.29 Å². The lowest BCUT2D eigenvalue weighted by Gasteiger charge is -1.94. The van der Waals surface area contributed by atoms with E-state index in [0.29, 0.717) is 6.42 Å². The molecule has 0 radical (unpaired) electrons. The Labute approximate surface area is 68.7 Å². The third kappa shape index (κ3) is 25.8. The van der Waals surface area contributed by atoms with Gasteiger partial charge in [-0.2, -0.15) is 0 Å². The van der Waals surface area contributed by atoms with Gasteiger partial charge in [-0.3, -0.25) is 0 Å². The highest BCUT2D eigenvalue weighted by atomic mass is 16.5. The first-order valence-corrected chi connectivity index (χ1v) is 4.08. The van der Waals surface area contributed by atoms with Crippen molar-refractivity contribution in [3.63, 3.8) is 0 Å². The van der Waals surface area contributed by atoms with Crippen LogP contribution in [0.5, 0.6) is 0 Å². The van der Waals surface area contributed by atoms with E-state index in [9.17, 15) is 0 Å². The van der Waals surface area contributed by atoms with Gasteiger partial charge >= 0.3 is 0 Å². The zero-order chi connectivity index (χ0) is 9.28. The molecule has 0 aromatic carbocycles. The average Bonchev–Trinajstić information content (AvgIpc) is 1.89. The Morgan fingerprint density at radius 2 is 1.45 bits per heavy atom. The highest BCUT2D eigenvalue weighted by Gasteiger charge is 1.89. The van der Waals surface area contributed by atoms with Crippen LogP contribution in [0.1, 0.15) is 40.0 Å². The van der Waals surface area contributed by atoms with Gasteiger partial charge in [-0.1, -0.05) is 20.3 Å². The van der Waals surface area contributed by atoms with Crippen molar-refractivity contribution in [1.82, 2.24) is 0 Å². The van der Waals surface area contributed by atoms with Crippen molar-refractivity contribution in [2.24, 2.45) is 0 Å². The molecular formula is C8H20O3. The van der Waals surface area contributed by atoms with Gasteiger partial charge in [0.2, 0.25) is 0 Å². The molecule has 0 saturated heterocycles. The topological polar surface area (TPSA) is 60.7 Å². The molecule has 0 heterocycles. The summed E-state index contributed by atoms with van der Waals surface area (Å²) in [4.78, 5) is 0. The van der Waals surface area contributed by atoms with E-state index < -0.39 is 6.29 Å².